The maximum absolute atomic E-state index is 3.54. The van der Waals surface area contributed by atoms with Crippen LogP contribution < -0.4 is 4.57 Å². The van der Waals surface area contributed by atoms with Crippen LogP contribution in [0.15, 0.2) is 34.9 Å². The van der Waals surface area contributed by atoms with E-state index in [1.54, 1.807) is 0 Å². The van der Waals surface area contributed by atoms with Crippen LogP contribution in [-0.2, 0) is 13.0 Å². The fourth-order valence-electron chi connectivity index (χ4n) is 2.54. The van der Waals surface area contributed by atoms with Crippen molar-refractivity contribution in [1.29, 1.82) is 0 Å². The Morgan fingerprint density at radius 3 is 3.00 bits per heavy atom. The molecule has 0 radical (unpaired) electrons. The summed E-state index contributed by atoms with van der Waals surface area (Å²) in [7, 11) is 0. The number of aryl methyl sites for hydroxylation is 1. The van der Waals surface area contributed by atoms with Crippen LogP contribution in [0, 0.1) is 0 Å². The molecule has 1 aromatic heterocycles. The zero-order valence-electron chi connectivity index (χ0n) is 9.75. The highest BCUT2D eigenvalue weighted by atomic mass is 79.9. The molecule has 88 valence electrons. The number of rotatable bonds is 1. The third kappa shape index (κ3) is 2.16. The highest BCUT2D eigenvalue weighted by Crippen LogP contribution is 2.21. The zero-order valence-corrected chi connectivity index (χ0v) is 11.3. The Bertz CT molecular complexity index is 531. The Hall–Kier alpha value is -1.09. The number of fused-ring (bicyclic) bond motifs is 1. The molecule has 0 saturated carbocycles. The van der Waals surface area contributed by atoms with E-state index in [0.29, 0.717) is 0 Å². The molecule has 1 aromatic carbocycles. The molecular formula is C14H16BrN2+. The van der Waals surface area contributed by atoms with Crippen molar-refractivity contribution >= 4 is 15.9 Å². The van der Waals surface area contributed by atoms with E-state index in [1.807, 2.05) is 0 Å². The lowest BCUT2D eigenvalue weighted by Crippen LogP contribution is -2.37. The number of halogens is 1. The molecule has 1 N–H and O–H groups in total. The van der Waals surface area contributed by atoms with E-state index in [1.165, 1.54) is 42.8 Å². The average molecular weight is 292 g/mol. The first-order valence-corrected chi connectivity index (χ1v) is 7.00. The van der Waals surface area contributed by atoms with Gasteiger partial charge in [0.05, 0.1) is 6.54 Å². The number of imidazole rings is 1. The summed E-state index contributed by atoms with van der Waals surface area (Å²) in [5.74, 6) is 1.37. The molecule has 0 bridgehead atoms. The average Bonchev–Trinajstić information content (AvgIpc) is 2.59. The van der Waals surface area contributed by atoms with Gasteiger partial charge in [-0.3, -0.25) is 0 Å². The molecule has 3 heteroatoms. The first kappa shape index (κ1) is 11.0. The van der Waals surface area contributed by atoms with Gasteiger partial charge in [0.1, 0.15) is 6.20 Å². The second-order valence-corrected chi connectivity index (χ2v) is 5.51. The third-order valence-corrected chi connectivity index (χ3v) is 3.90. The summed E-state index contributed by atoms with van der Waals surface area (Å²) in [6.07, 6.45) is 7.25. The third-order valence-electron chi connectivity index (χ3n) is 3.41. The Labute approximate surface area is 110 Å². The summed E-state index contributed by atoms with van der Waals surface area (Å²) in [5.41, 5.74) is 2.59. The van der Waals surface area contributed by atoms with Gasteiger partial charge >= 0.3 is 0 Å². The zero-order chi connectivity index (χ0) is 11.7. The molecule has 3 rings (SSSR count). The van der Waals surface area contributed by atoms with E-state index >= 15 is 0 Å². The molecule has 0 unspecified atom stereocenters. The number of H-pyrrole nitrogens is 1. The van der Waals surface area contributed by atoms with Gasteiger partial charge in [-0.1, -0.05) is 28.1 Å². The molecule has 2 aromatic rings. The summed E-state index contributed by atoms with van der Waals surface area (Å²) in [6.45, 7) is 1.14. The van der Waals surface area contributed by atoms with Crippen molar-refractivity contribution < 1.29 is 4.57 Å². The predicted molar refractivity (Wildman–Crippen MR) is 71.7 cm³/mol. The summed E-state index contributed by atoms with van der Waals surface area (Å²) in [6, 6.07) is 8.52. The first-order chi connectivity index (χ1) is 8.34. The monoisotopic (exact) mass is 291 g/mol. The lowest BCUT2D eigenvalue weighted by Gasteiger charge is -2.02. The Morgan fingerprint density at radius 2 is 2.12 bits per heavy atom. The lowest BCUT2D eigenvalue weighted by atomic mass is 10.1. The smallest absolute Gasteiger partial charge is 0.247 e. The lowest BCUT2D eigenvalue weighted by molar-refractivity contribution is -0.691. The molecule has 0 aliphatic carbocycles. The van der Waals surface area contributed by atoms with Crippen molar-refractivity contribution in [3.63, 3.8) is 0 Å². The number of aromatic nitrogens is 2. The number of benzene rings is 1. The van der Waals surface area contributed by atoms with Gasteiger partial charge in [0.2, 0.25) is 0 Å². The van der Waals surface area contributed by atoms with Crippen molar-refractivity contribution in [2.24, 2.45) is 0 Å². The standard InChI is InChI=1S/C14H15BrN2/c15-12-6-4-5-11(9-12)13-10-16-14-7-2-1-3-8-17(13)14/h4-6,9-10H,1-3,7-8H2/p+1. The molecule has 1 aliphatic heterocycles. The normalized spacial score (nSPS) is 15.4. The highest BCUT2D eigenvalue weighted by molar-refractivity contribution is 9.10. The van der Waals surface area contributed by atoms with Gasteiger partial charge in [-0.25, -0.2) is 9.55 Å². The molecule has 0 atom stereocenters. The predicted octanol–water partition coefficient (Wildman–Crippen LogP) is 3.46. The van der Waals surface area contributed by atoms with Gasteiger partial charge in [0, 0.05) is 16.5 Å². The van der Waals surface area contributed by atoms with E-state index in [-0.39, 0.29) is 0 Å². The largest absolute Gasteiger partial charge is 0.254 e. The molecule has 17 heavy (non-hydrogen) atoms. The summed E-state index contributed by atoms with van der Waals surface area (Å²) < 4.78 is 3.58. The second kappa shape index (κ2) is 4.65. The summed E-state index contributed by atoms with van der Waals surface area (Å²) in [4.78, 5) is 3.43. The maximum Gasteiger partial charge on any atom is 0.254 e. The second-order valence-electron chi connectivity index (χ2n) is 4.59. The minimum Gasteiger partial charge on any atom is -0.247 e. The van der Waals surface area contributed by atoms with Gasteiger partial charge in [0.25, 0.3) is 5.82 Å². The van der Waals surface area contributed by atoms with Crippen LogP contribution in [0.5, 0.6) is 0 Å². The minimum absolute atomic E-state index is 1.14. The fraction of sp³-hybridized carbons (Fsp3) is 0.357. The van der Waals surface area contributed by atoms with Crippen LogP contribution in [0.4, 0.5) is 0 Å². The summed E-state index contributed by atoms with van der Waals surface area (Å²) >= 11 is 3.54. The van der Waals surface area contributed by atoms with E-state index < -0.39 is 0 Å². The van der Waals surface area contributed by atoms with E-state index in [9.17, 15) is 0 Å². The molecular weight excluding hydrogens is 276 g/mol. The number of nitrogens with zero attached hydrogens (tertiary/aromatic N) is 1. The quantitative estimate of drug-likeness (QED) is 0.777. The number of hydrogen-bond acceptors (Lipinski definition) is 0. The Balaban J connectivity index is 2.06. The van der Waals surface area contributed by atoms with E-state index in [0.717, 1.165) is 11.0 Å². The van der Waals surface area contributed by atoms with Crippen molar-refractivity contribution in [2.75, 3.05) is 0 Å². The Kier molecular flexibility index (Phi) is 3.02. The fourth-order valence-corrected chi connectivity index (χ4v) is 2.94. The molecule has 2 heterocycles. The SMILES string of the molecule is Brc1cccc(-c2c[nH]c3[n+]2CCCCC3)c1. The molecule has 0 amide bonds. The van der Waals surface area contributed by atoms with Crippen LogP contribution in [0.3, 0.4) is 0 Å². The van der Waals surface area contributed by atoms with Crippen LogP contribution >= 0.6 is 15.9 Å². The van der Waals surface area contributed by atoms with Crippen molar-refractivity contribution in [3.05, 3.63) is 40.8 Å². The highest BCUT2D eigenvalue weighted by Gasteiger charge is 2.20. The number of nitrogens with one attached hydrogen (secondary N) is 1. The summed E-state index contributed by atoms with van der Waals surface area (Å²) in [5, 5.41) is 0. The Morgan fingerprint density at radius 1 is 1.18 bits per heavy atom. The van der Waals surface area contributed by atoms with Gasteiger partial charge in [-0.2, -0.15) is 0 Å². The van der Waals surface area contributed by atoms with Gasteiger partial charge in [-0.15, -0.1) is 0 Å². The van der Waals surface area contributed by atoms with Gasteiger partial charge < -0.3 is 0 Å². The molecule has 0 spiro atoms. The number of hydrogen-bond donors (Lipinski definition) is 1. The van der Waals surface area contributed by atoms with Crippen LogP contribution in [-0.4, -0.2) is 4.98 Å². The molecule has 0 saturated heterocycles. The molecule has 2 nitrogen and oxygen atoms in total. The molecule has 1 aliphatic rings. The van der Waals surface area contributed by atoms with Gasteiger partial charge in [-0.05, 0) is 31.4 Å². The van der Waals surface area contributed by atoms with Crippen LogP contribution in [0.2, 0.25) is 0 Å². The first-order valence-electron chi connectivity index (χ1n) is 6.20. The van der Waals surface area contributed by atoms with Crippen molar-refractivity contribution in [1.82, 2.24) is 4.98 Å². The topological polar surface area (TPSA) is 19.7 Å². The molecule has 0 fully saturated rings. The van der Waals surface area contributed by atoms with Crippen LogP contribution in [0.25, 0.3) is 11.3 Å². The van der Waals surface area contributed by atoms with Gasteiger partial charge in [0.15, 0.2) is 5.69 Å². The van der Waals surface area contributed by atoms with Crippen molar-refractivity contribution in [2.45, 2.75) is 32.2 Å². The van der Waals surface area contributed by atoms with Crippen LogP contribution in [0.1, 0.15) is 25.1 Å². The van der Waals surface area contributed by atoms with Crippen molar-refractivity contribution in [3.8, 4) is 11.3 Å². The van der Waals surface area contributed by atoms with E-state index in [2.05, 4.69) is 55.9 Å². The minimum atomic E-state index is 1.14. The van der Waals surface area contributed by atoms with E-state index in [4.69, 9.17) is 0 Å². The maximum atomic E-state index is 3.54. The number of aromatic amines is 1.